The van der Waals surface area contributed by atoms with Crippen LogP contribution in [0.3, 0.4) is 0 Å². The van der Waals surface area contributed by atoms with Gasteiger partial charge in [0.1, 0.15) is 13.2 Å². The first-order valence-corrected chi connectivity index (χ1v) is 29.0. The zero-order chi connectivity index (χ0) is 47.9. The molecule has 386 valence electrons. The van der Waals surface area contributed by atoms with Crippen molar-refractivity contribution < 1.29 is 28.6 Å². The molecule has 0 fully saturated rings. The summed E-state index contributed by atoms with van der Waals surface area (Å²) in [5, 5.41) is 0. The van der Waals surface area contributed by atoms with E-state index in [4.69, 9.17) is 14.2 Å². The molecule has 0 aromatic heterocycles. The van der Waals surface area contributed by atoms with E-state index in [9.17, 15) is 14.4 Å². The van der Waals surface area contributed by atoms with Gasteiger partial charge < -0.3 is 14.2 Å². The number of allylic oxidation sites excluding steroid dienone is 6. The Morgan fingerprint density at radius 3 is 0.924 bits per heavy atom. The van der Waals surface area contributed by atoms with E-state index < -0.39 is 6.10 Å². The average molecular weight is 928 g/mol. The van der Waals surface area contributed by atoms with Crippen LogP contribution in [0.1, 0.15) is 310 Å². The van der Waals surface area contributed by atoms with Gasteiger partial charge in [-0.1, -0.05) is 276 Å². The third kappa shape index (κ3) is 52.6. The van der Waals surface area contributed by atoms with Crippen LogP contribution in [-0.2, 0) is 28.6 Å². The highest BCUT2D eigenvalue weighted by Gasteiger charge is 2.19. The monoisotopic (exact) mass is 927 g/mol. The van der Waals surface area contributed by atoms with Crippen LogP contribution in [0, 0.1) is 0 Å². The first kappa shape index (κ1) is 63.6. The fraction of sp³-hybridized carbons (Fsp3) is 0.850. The lowest BCUT2D eigenvalue weighted by atomic mass is 10.0. The minimum atomic E-state index is -0.772. The lowest BCUT2D eigenvalue weighted by Gasteiger charge is -2.18. The van der Waals surface area contributed by atoms with Crippen molar-refractivity contribution in [3.63, 3.8) is 0 Å². The molecule has 6 heteroatoms. The van der Waals surface area contributed by atoms with Gasteiger partial charge in [-0.15, -0.1) is 0 Å². The molecule has 0 radical (unpaired) electrons. The van der Waals surface area contributed by atoms with Crippen molar-refractivity contribution in [2.75, 3.05) is 13.2 Å². The topological polar surface area (TPSA) is 78.9 Å². The number of carbonyl (C=O) groups is 3. The van der Waals surface area contributed by atoms with Crippen LogP contribution in [0.4, 0.5) is 0 Å². The first-order valence-electron chi connectivity index (χ1n) is 29.0. The number of unbranched alkanes of at least 4 members (excludes halogenated alkanes) is 36. The highest BCUT2D eigenvalue weighted by molar-refractivity contribution is 5.71. The van der Waals surface area contributed by atoms with Crippen LogP contribution < -0.4 is 0 Å². The van der Waals surface area contributed by atoms with Crippen molar-refractivity contribution in [1.29, 1.82) is 0 Å². The fourth-order valence-electron chi connectivity index (χ4n) is 8.58. The Morgan fingerprint density at radius 1 is 0.318 bits per heavy atom. The van der Waals surface area contributed by atoms with E-state index in [-0.39, 0.29) is 31.1 Å². The molecule has 0 bridgehead atoms. The molecule has 0 aliphatic rings. The maximum atomic E-state index is 12.8. The van der Waals surface area contributed by atoms with Gasteiger partial charge in [0, 0.05) is 19.3 Å². The highest BCUT2D eigenvalue weighted by Crippen LogP contribution is 2.17. The maximum Gasteiger partial charge on any atom is 0.306 e. The Morgan fingerprint density at radius 2 is 0.591 bits per heavy atom. The second-order valence-corrected chi connectivity index (χ2v) is 19.5. The molecule has 1 unspecified atom stereocenters. The summed E-state index contributed by atoms with van der Waals surface area (Å²) >= 11 is 0. The number of carbonyl (C=O) groups excluding carboxylic acids is 3. The van der Waals surface area contributed by atoms with Crippen LogP contribution in [0.25, 0.3) is 0 Å². The van der Waals surface area contributed by atoms with Crippen molar-refractivity contribution >= 4 is 17.9 Å². The van der Waals surface area contributed by atoms with Gasteiger partial charge in [0.05, 0.1) is 0 Å². The molecular weight excluding hydrogens is 817 g/mol. The van der Waals surface area contributed by atoms with Crippen molar-refractivity contribution in [2.45, 2.75) is 316 Å². The van der Waals surface area contributed by atoms with Gasteiger partial charge in [-0.3, -0.25) is 14.4 Å². The van der Waals surface area contributed by atoms with Gasteiger partial charge in [-0.2, -0.15) is 0 Å². The molecule has 0 spiro atoms. The zero-order valence-corrected chi connectivity index (χ0v) is 44.2. The van der Waals surface area contributed by atoms with Crippen LogP contribution >= 0.6 is 0 Å². The smallest absolute Gasteiger partial charge is 0.306 e. The summed E-state index contributed by atoms with van der Waals surface area (Å²) in [4.78, 5) is 38.0. The average Bonchev–Trinajstić information content (AvgIpc) is 3.31. The Hall–Kier alpha value is -2.37. The molecule has 0 aromatic rings. The van der Waals surface area contributed by atoms with Crippen LogP contribution in [0.5, 0.6) is 0 Å². The molecule has 0 amide bonds. The molecule has 0 aliphatic heterocycles. The van der Waals surface area contributed by atoms with E-state index in [1.54, 1.807) is 0 Å². The summed E-state index contributed by atoms with van der Waals surface area (Å²) in [5.74, 6) is -0.870. The van der Waals surface area contributed by atoms with Crippen molar-refractivity contribution in [2.24, 2.45) is 0 Å². The summed E-state index contributed by atoms with van der Waals surface area (Å²) in [6.45, 7) is 6.53. The van der Waals surface area contributed by atoms with E-state index in [0.29, 0.717) is 19.3 Å². The Balaban J connectivity index is 4.16. The number of esters is 3. The molecular formula is C60H110O6. The van der Waals surface area contributed by atoms with Crippen molar-refractivity contribution in [3.8, 4) is 0 Å². The Kier molecular flexibility index (Phi) is 53.2. The summed E-state index contributed by atoms with van der Waals surface area (Å²) in [6.07, 6.45) is 65.9. The number of hydrogen-bond donors (Lipinski definition) is 0. The molecule has 66 heavy (non-hydrogen) atoms. The van der Waals surface area contributed by atoms with Gasteiger partial charge in [0.25, 0.3) is 0 Å². The lowest BCUT2D eigenvalue weighted by molar-refractivity contribution is -0.167. The predicted octanol–water partition coefficient (Wildman–Crippen LogP) is 19.3. The van der Waals surface area contributed by atoms with Gasteiger partial charge in [0.2, 0.25) is 0 Å². The Bertz CT molecular complexity index is 1110. The number of rotatable bonds is 53. The van der Waals surface area contributed by atoms with E-state index in [2.05, 4.69) is 57.2 Å². The largest absolute Gasteiger partial charge is 0.462 e. The Labute approximate surface area is 410 Å². The summed E-state index contributed by atoms with van der Waals surface area (Å²) in [5.41, 5.74) is 0. The van der Waals surface area contributed by atoms with E-state index in [0.717, 1.165) is 83.5 Å². The van der Waals surface area contributed by atoms with Gasteiger partial charge >= 0.3 is 17.9 Å². The van der Waals surface area contributed by atoms with Crippen LogP contribution in [0.2, 0.25) is 0 Å². The highest BCUT2D eigenvalue weighted by atomic mass is 16.6. The second-order valence-electron chi connectivity index (χ2n) is 19.5. The molecule has 1 atom stereocenters. The molecule has 0 N–H and O–H groups in total. The summed E-state index contributed by atoms with van der Waals surface area (Å²) in [6, 6.07) is 0. The van der Waals surface area contributed by atoms with Gasteiger partial charge in [-0.05, 0) is 51.4 Å². The lowest BCUT2D eigenvalue weighted by Crippen LogP contribution is -2.30. The van der Waals surface area contributed by atoms with Crippen LogP contribution in [-0.4, -0.2) is 37.2 Å². The molecule has 0 rings (SSSR count). The first-order chi connectivity index (χ1) is 32.5. The normalized spacial score (nSPS) is 12.2. The predicted molar refractivity (Wildman–Crippen MR) is 284 cm³/mol. The molecule has 6 nitrogen and oxygen atoms in total. The SMILES string of the molecule is CC/C=C\C/C=C\C/C=C\CCCCCCCCCC(=O)OC(COC(=O)CCCCCCCCCC)COC(=O)CCCCCCCCCCCCCCCCCCCCCCCCC. The third-order valence-corrected chi connectivity index (χ3v) is 12.9. The molecule has 0 aromatic carbocycles. The molecule has 0 saturated heterocycles. The third-order valence-electron chi connectivity index (χ3n) is 12.9. The van der Waals surface area contributed by atoms with Gasteiger partial charge in [-0.25, -0.2) is 0 Å². The van der Waals surface area contributed by atoms with E-state index >= 15 is 0 Å². The van der Waals surface area contributed by atoms with E-state index in [1.807, 2.05) is 0 Å². The van der Waals surface area contributed by atoms with Crippen molar-refractivity contribution in [3.05, 3.63) is 36.5 Å². The second kappa shape index (κ2) is 55.2. The summed E-state index contributed by atoms with van der Waals surface area (Å²) in [7, 11) is 0. The standard InChI is InChI=1S/C60H110O6/c1-4-7-10-13-16-19-21-23-25-27-28-29-30-31-32-34-35-37-39-41-44-47-50-53-59(62)65-56-57(55-64-58(61)52-49-46-43-18-15-12-9-6-3)66-60(63)54-51-48-45-42-40-38-36-33-26-24-22-20-17-14-11-8-5-2/h8,11,17,20,24,26,57H,4-7,9-10,12-16,18-19,21-23,25,27-56H2,1-3H3/b11-8-,20-17-,26-24-. The van der Waals surface area contributed by atoms with Crippen LogP contribution in [0.15, 0.2) is 36.5 Å². The van der Waals surface area contributed by atoms with E-state index in [1.165, 1.54) is 186 Å². The fourth-order valence-corrected chi connectivity index (χ4v) is 8.58. The maximum absolute atomic E-state index is 12.8. The molecule has 0 heterocycles. The summed E-state index contributed by atoms with van der Waals surface area (Å²) < 4.78 is 16.8. The minimum Gasteiger partial charge on any atom is -0.462 e. The minimum absolute atomic E-state index is 0.0719. The number of ether oxygens (including phenoxy) is 3. The molecule has 0 aliphatic carbocycles. The number of hydrogen-bond acceptors (Lipinski definition) is 6. The quantitative estimate of drug-likeness (QED) is 0.0262. The van der Waals surface area contributed by atoms with Gasteiger partial charge in [0.15, 0.2) is 6.10 Å². The zero-order valence-electron chi connectivity index (χ0n) is 44.2. The van der Waals surface area contributed by atoms with Crippen molar-refractivity contribution in [1.82, 2.24) is 0 Å². The molecule has 0 saturated carbocycles.